The van der Waals surface area contributed by atoms with E-state index in [4.69, 9.17) is 10.2 Å². The average molecular weight is 536 g/mol. The highest BCUT2D eigenvalue weighted by molar-refractivity contribution is 5.70. The zero-order chi connectivity index (χ0) is 29.8. The minimum atomic E-state index is -0.212. The maximum atomic E-state index is 4.85. The van der Waals surface area contributed by atoms with Crippen LogP contribution in [0.1, 0.15) is 104 Å². The van der Waals surface area contributed by atoms with Gasteiger partial charge in [0, 0.05) is 11.0 Å². The summed E-state index contributed by atoms with van der Waals surface area (Å²) in [7, 11) is 0. The zero-order valence-corrected chi connectivity index (χ0v) is 27.1. The fraction of sp³-hybridized carbons (Fsp3) is 0.459. The quantitative estimate of drug-likeness (QED) is 0.260. The number of benzene rings is 3. The van der Waals surface area contributed by atoms with Crippen molar-refractivity contribution in [2.24, 2.45) is 5.41 Å². The Morgan fingerprint density at radius 1 is 0.575 bits per heavy atom. The lowest BCUT2D eigenvalue weighted by atomic mass is 9.68. The smallest absolute Gasteiger partial charge is 0.168 e. The lowest BCUT2D eigenvalue weighted by Gasteiger charge is -2.38. The van der Waals surface area contributed by atoms with E-state index in [2.05, 4.69) is 155 Å². The molecule has 1 heterocycles. The van der Waals surface area contributed by atoms with Gasteiger partial charge < -0.3 is 0 Å². The SMILES string of the molecule is Cc1cccc(-c2nnc(C(C)(C)C(C)(C)C)n2-c2ccc(-c3cc(C(C)(C)C)cc(C(C)(C)C)c3)cc2C)c1. The van der Waals surface area contributed by atoms with Crippen LogP contribution in [0.15, 0.2) is 60.7 Å². The third kappa shape index (κ3) is 5.66. The van der Waals surface area contributed by atoms with Gasteiger partial charge in [-0.1, -0.05) is 124 Å². The number of hydrogen-bond acceptors (Lipinski definition) is 2. The van der Waals surface area contributed by atoms with Crippen molar-refractivity contribution in [1.82, 2.24) is 14.8 Å². The van der Waals surface area contributed by atoms with E-state index < -0.39 is 0 Å². The van der Waals surface area contributed by atoms with Crippen molar-refractivity contribution >= 4 is 0 Å². The first-order chi connectivity index (χ1) is 18.3. The van der Waals surface area contributed by atoms with Gasteiger partial charge in [-0.05, 0) is 76.1 Å². The third-order valence-electron chi connectivity index (χ3n) is 8.81. The van der Waals surface area contributed by atoms with E-state index in [-0.39, 0.29) is 21.7 Å². The first-order valence-corrected chi connectivity index (χ1v) is 14.6. The molecule has 0 saturated carbocycles. The molecule has 0 atom stereocenters. The number of aromatic nitrogens is 3. The molecule has 212 valence electrons. The second-order valence-corrected chi connectivity index (χ2v) is 15.2. The molecule has 0 N–H and O–H groups in total. The van der Waals surface area contributed by atoms with E-state index in [1.807, 2.05) is 0 Å². The third-order valence-corrected chi connectivity index (χ3v) is 8.81. The maximum Gasteiger partial charge on any atom is 0.168 e. The van der Waals surface area contributed by atoms with Gasteiger partial charge >= 0.3 is 0 Å². The zero-order valence-electron chi connectivity index (χ0n) is 27.1. The molecule has 0 aliphatic heterocycles. The number of nitrogens with zero attached hydrogens (tertiary/aromatic N) is 3. The fourth-order valence-electron chi connectivity index (χ4n) is 4.97. The maximum absolute atomic E-state index is 4.85. The van der Waals surface area contributed by atoms with Gasteiger partial charge in [-0.25, -0.2) is 0 Å². The van der Waals surface area contributed by atoms with Crippen molar-refractivity contribution in [3.63, 3.8) is 0 Å². The number of rotatable bonds is 4. The lowest BCUT2D eigenvalue weighted by molar-refractivity contribution is 0.211. The molecule has 0 spiro atoms. The normalized spacial score (nSPS) is 13.1. The van der Waals surface area contributed by atoms with Crippen LogP contribution in [0.4, 0.5) is 0 Å². The van der Waals surface area contributed by atoms with Crippen molar-refractivity contribution in [3.05, 3.63) is 88.7 Å². The van der Waals surface area contributed by atoms with Crippen molar-refractivity contribution in [2.45, 2.75) is 106 Å². The first kappa shape index (κ1) is 29.8. The number of hydrogen-bond donors (Lipinski definition) is 0. The first-order valence-electron chi connectivity index (χ1n) is 14.6. The standard InChI is InChI=1S/C37H49N3/c1-24-15-14-16-27(19-24)32-38-39-33(37(12,13)36(9,10)11)40(32)31-18-17-26(20-25(31)2)28-21-29(34(3,4)5)23-30(22-28)35(6,7)8/h14-23H,1-13H3. The molecular formula is C37H49N3. The monoisotopic (exact) mass is 535 g/mol. The van der Waals surface area contributed by atoms with E-state index in [0.29, 0.717) is 0 Å². The second-order valence-electron chi connectivity index (χ2n) is 15.2. The minimum Gasteiger partial charge on any atom is -0.278 e. The van der Waals surface area contributed by atoms with Crippen molar-refractivity contribution in [3.8, 4) is 28.2 Å². The van der Waals surface area contributed by atoms with E-state index in [0.717, 1.165) is 22.9 Å². The highest BCUT2D eigenvalue weighted by Gasteiger charge is 2.40. The molecule has 3 heteroatoms. The molecule has 3 nitrogen and oxygen atoms in total. The fourth-order valence-corrected chi connectivity index (χ4v) is 4.97. The van der Waals surface area contributed by atoms with Crippen LogP contribution in [0.25, 0.3) is 28.2 Å². The molecule has 40 heavy (non-hydrogen) atoms. The summed E-state index contributed by atoms with van der Waals surface area (Å²) < 4.78 is 2.30. The summed E-state index contributed by atoms with van der Waals surface area (Å²) in [5.41, 5.74) is 9.79. The van der Waals surface area contributed by atoms with Crippen molar-refractivity contribution in [1.29, 1.82) is 0 Å². The molecule has 0 radical (unpaired) electrons. The Balaban J connectivity index is 1.95. The Bertz CT molecular complexity index is 1500. The van der Waals surface area contributed by atoms with Crippen LogP contribution in [0.2, 0.25) is 0 Å². The van der Waals surface area contributed by atoms with Gasteiger partial charge in [0.25, 0.3) is 0 Å². The van der Waals surface area contributed by atoms with Gasteiger partial charge in [0.05, 0.1) is 5.69 Å². The van der Waals surface area contributed by atoms with Crippen LogP contribution in [-0.4, -0.2) is 14.8 Å². The number of aryl methyl sites for hydroxylation is 2. The van der Waals surface area contributed by atoms with E-state index >= 15 is 0 Å². The predicted molar refractivity (Wildman–Crippen MR) is 172 cm³/mol. The second kappa shape index (κ2) is 10.0. The molecule has 4 rings (SSSR count). The highest BCUT2D eigenvalue weighted by atomic mass is 15.3. The lowest BCUT2D eigenvalue weighted by Crippen LogP contribution is -2.36. The summed E-state index contributed by atoms with van der Waals surface area (Å²) >= 11 is 0. The summed E-state index contributed by atoms with van der Waals surface area (Å²) in [5, 5.41) is 9.64. The minimum absolute atomic E-state index is 0.00768. The van der Waals surface area contributed by atoms with Crippen LogP contribution in [0.3, 0.4) is 0 Å². The van der Waals surface area contributed by atoms with Gasteiger partial charge in [0.1, 0.15) is 5.82 Å². The molecule has 0 saturated heterocycles. The van der Waals surface area contributed by atoms with Crippen molar-refractivity contribution in [2.75, 3.05) is 0 Å². The van der Waals surface area contributed by atoms with E-state index in [1.54, 1.807) is 0 Å². The summed E-state index contributed by atoms with van der Waals surface area (Å²) in [5.74, 6) is 1.87. The van der Waals surface area contributed by atoms with Crippen LogP contribution in [0, 0.1) is 19.3 Å². The average Bonchev–Trinajstić information content (AvgIpc) is 3.27. The van der Waals surface area contributed by atoms with Crippen LogP contribution in [-0.2, 0) is 16.2 Å². The van der Waals surface area contributed by atoms with E-state index in [1.165, 1.54) is 33.4 Å². The van der Waals surface area contributed by atoms with Gasteiger partial charge in [0.2, 0.25) is 0 Å². The Kier molecular flexibility index (Phi) is 7.45. The van der Waals surface area contributed by atoms with Gasteiger partial charge in [-0.15, -0.1) is 10.2 Å². The molecule has 0 aliphatic rings. The molecule has 0 amide bonds. The predicted octanol–water partition coefficient (Wildman–Crippen LogP) is 10.1. The van der Waals surface area contributed by atoms with Crippen LogP contribution < -0.4 is 0 Å². The van der Waals surface area contributed by atoms with Gasteiger partial charge in [-0.2, -0.15) is 0 Å². The Morgan fingerprint density at radius 3 is 1.68 bits per heavy atom. The molecule has 4 aromatic rings. The molecule has 0 fully saturated rings. The molecule has 3 aromatic carbocycles. The van der Waals surface area contributed by atoms with Gasteiger partial charge in [0.15, 0.2) is 5.82 Å². The van der Waals surface area contributed by atoms with Crippen molar-refractivity contribution < 1.29 is 0 Å². The summed E-state index contributed by atoms with van der Waals surface area (Å²) in [6.07, 6.45) is 0. The van der Waals surface area contributed by atoms with Crippen LogP contribution >= 0.6 is 0 Å². The molecule has 0 bridgehead atoms. The molecule has 1 aromatic heterocycles. The Labute approximate surface area is 243 Å². The Morgan fingerprint density at radius 2 is 1.18 bits per heavy atom. The Hall–Kier alpha value is -3.20. The summed E-state index contributed by atoms with van der Waals surface area (Å²) in [4.78, 5) is 0. The van der Waals surface area contributed by atoms with Crippen LogP contribution in [0.5, 0.6) is 0 Å². The topological polar surface area (TPSA) is 30.7 Å². The molecule has 0 unspecified atom stereocenters. The summed E-state index contributed by atoms with van der Waals surface area (Å²) in [6, 6.07) is 22.5. The molecular weight excluding hydrogens is 486 g/mol. The molecule has 0 aliphatic carbocycles. The largest absolute Gasteiger partial charge is 0.278 e. The summed E-state index contributed by atoms with van der Waals surface area (Å²) in [6.45, 7) is 29.5. The highest BCUT2D eigenvalue weighted by Crippen LogP contribution is 2.43. The van der Waals surface area contributed by atoms with Gasteiger partial charge in [-0.3, -0.25) is 4.57 Å². The van der Waals surface area contributed by atoms with E-state index in [9.17, 15) is 0 Å².